The number of halogens is 4. The van der Waals surface area contributed by atoms with Crippen LogP contribution in [0.15, 0.2) is 23.4 Å². The van der Waals surface area contributed by atoms with Crippen molar-refractivity contribution in [2.45, 2.75) is 11.1 Å². The fraction of sp³-hybridized carbons (Fsp3) is 0.300. The molecule has 9 heteroatoms. The fourth-order valence-electron chi connectivity index (χ4n) is 1.21. The van der Waals surface area contributed by atoms with Crippen molar-refractivity contribution < 1.29 is 21.6 Å². The lowest BCUT2D eigenvalue weighted by atomic mass is 10.5. The quantitative estimate of drug-likeness (QED) is 0.798. The highest BCUT2D eigenvalue weighted by Gasteiger charge is 2.36. The normalized spacial score (nSPS) is 12.4. The maximum Gasteiger partial charge on any atom is 0.402 e. The Hall–Kier alpha value is -1.30. The van der Waals surface area contributed by atoms with Gasteiger partial charge >= 0.3 is 6.18 Å². The molecule has 0 bridgehead atoms. The van der Waals surface area contributed by atoms with Crippen molar-refractivity contribution in [1.82, 2.24) is 9.29 Å². The number of nitrogens with zero attached hydrogens (tertiary/aromatic N) is 2. The summed E-state index contributed by atoms with van der Waals surface area (Å²) in [6.45, 7) is -2.37. The van der Waals surface area contributed by atoms with Crippen molar-refractivity contribution in [3.05, 3.63) is 23.5 Å². The average Bonchev–Trinajstić information content (AvgIpc) is 2.26. The predicted octanol–water partition coefficient (Wildman–Crippen LogP) is 1.92. The van der Waals surface area contributed by atoms with Crippen molar-refractivity contribution in [3.8, 4) is 12.3 Å². The molecule has 0 N–H and O–H groups in total. The van der Waals surface area contributed by atoms with Crippen molar-refractivity contribution >= 4 is 21.6 Å². The van der Waals surface area contributed by atoms with Crippen LogP contribution >= 0.6 is 11.6 Å². The Morgan fingerprint density at radius 2 is 2.05 bits per heavy atom. The van der Waals surface area contributed by atoms with Gasteiger partial charge in [0, 0.05) is 12.4 Å². The van der Waals surface area contributed by atoms with Crippen LogP contribution in [-0.2, 0) is 10.0 Å². The number of rotatable bonds is 4. The highest BCUT2D eigenvalue weighted by atomic mass is 35.5. The molecule has 19 heavy (non-hydrogen) atoms. The molecule has 0 unspecified atom stereocenters. The summed E-state index contributed by atoms with van der Waals surface area (Å²) in [5.74, 6) is 1.87. The minimum atomic E-state index is -4.70. The molecule has 0 fully saturated rings. The van der Waals surface area contributed by atoms with Crippen LogP contribution in [0, 0.1) is 12.3 Å². The van der Waals surface area contributed by atoms with Crippen LogP contribution in [0.25, 0.3) is 0 Å². The van der Waals surface area contributed by atoms with Crippen LogP contribution in [0.4, 0.5) is 13.2 Å². The second kappa shape index (κ2) is 5.77. The molecule has 0 aromatic carbocycles. The summed E-state index contributed by atoms with van der Waals surface area (Å²) in [6.07, 6.45) is 2.26. The van der Waals surface area contributed by atoms with Crippen molar-refractivity contribution in [1.29, 1.82) is 0 Å². The molecular formula is C10H8ClF3N2O2S. The van der Waals surface area contributed by atoms with E-state index in [2.05, 4.69) is 4.98 Å². The third-order valence-electron chi connectivity index (χ3n) is 1.94. The second-order valence-corrected chi connectivity index (χ2v) is 5.81. The molecule has 1 aromatic rings. The molecular weight excluding hydrogens is 305 g/mol. The maximum atomic E-state index is 12.3. The van der Waals surface area contributed by atoms with Gasteiger partial charge in [-0.3, -0.25) is 4.98 Å². The summed E-state index contributed by atoms with van der Waals surface area (Å²) in [6, 6.07) is 1.00. The lowest BCUT2D eigenvalue weighted by Gasteiger charge is -2.21. The van der Waals surface area contributed by atoms with Crippen LogP contribution in [0.5, 0.6) is 0 Å². The number of alkyl halides is 3. The average molecular weight is 313 g/mol. The van der Waals surface area contributed by atoms with E-state index in [4.69, 9.17) is 18.0 Å². The first-order valence-corrected chi connectivity index (χ1v) is 6.59. The molecule has 1 rings (SSSR count). The fourth-order valence-corrected chi connectivity index (χ4v) is 2.78. The lowest BCUT2D eigenvalue weighted by Crippen LogP contribution is -2.39. The molecule has 0 aliphatic heterocycles. The van der Waals surface area contributed by atoms with Gasteiger partial charge in [-0.25, -0.2) is 8.42 Å². The Kier molecular flexibility index (Phi) is 4.79. The molecule has 0 aliphatic rings. The van der Waals surface area contributed by atoms with Crippen molar-refractivity contribution in [3.63, 3.8) is 0 Å². The van der Waals surface area contributed by atoms with Gasteiger partial charge in [0.15, 0.2) is 0 Å². The van der Waals surface area contributed by atoms with Gasteiger partial charge in [0.1, 0.15) is 11.4 Å². The van der Waals surface area contributed by atoms with E-state index in [0.29, 0.717) is 0 Å². The number of pyridine rings is 1. The Labute approximate surface area is 113 Å². The van der Waals surface area contributed by atoms with E-state index in [-0.39, 0.29) is 9.33 Å². The Balaban J connectivity index is 3.17. The third-order valence-corrected chi connectivity index (χ3v) is 3.90. The summed E-state index contributed by atoms with van der Waals surface area (Å²) in [5, 5.41) is -0.00580. The van der Waals surface area contributed by atoms with Gasteiger partial charge < -0.3 is 0 Å². The lowest BCUT2D eigenvalue weighted by molar-refractivity contribution is -0.135. The molecule has 0 atom stereocenters. The molecule has 1 heterocycles. The maximum absolute atomic E-state index is 12.3. The number of hydrogen-bond acceptors (Lipinski definition) is 3. The first-order valence-electron chi connectivity index (χ1n) is 4.78. The van der Waals surface area contributed by atoms with Crippen LogP contribution in [-0.4, -0.2) is 37.0 Å². The molecule has 1 aromatic heterocycles. The zero-order valence-electron chi connectivity index (χ0n) is 9.35. The molecule has 0 saturated carbocycles. The molecule has 0 aliphatic carbocycles. The van der Waals surface area contributed by atoms with E-state index in [0.717, 1.165) is 18.5 Å². The Morgan fingerprint density at radius 3 is 2.53 bits per heavy atom. The minimum Gasteiger partial charge on any atom is -0.262 e. The molecule has 104 valence electrons. The molecule has 0 radical (unpaired) electrons. The molecule has 4 nitrogen and oxygen atoms in total. The highest BCUT2D eigenvalue weighted by Crippen LogP contribution is 2.23. The minimum absolute atomic E-state index is 0.00580. The molecule has 0 spiro atoms. The standard InChI is InChI=1S/C10H8ClF3N2O2S/c1-2-3-16(7-10(12,13)14)19(17,18)9-4-8(11)5-15-6-9/h1,4-6H,3,7H2. The largest absolute Gasteiger partial charge is 0.402 e. The van der Waals surface area contributed by atoms with E-state index in [1.54, 1.807) is 0 Å². The summed E-state index contributed by atoms with van der Waals surface area (Å²) < 4.78 is 61.1. The molecule has 0 saturated heterocycles. The number of hydrogen-bond donors (Lipinski definition) is 0. The van der Waals surface area contributed by atoms with E-state index in [1.807, 2.05) is 5.92 Å². The SMILES string of the molecule is C#CCN(CC(F)(F)F)S(=O)(=O)c1cncc(Cl)c1. The first-order chi connectivity index (χ1) is 8.66. The van der Waals surface area contributed by atoms with Gasteiger partial charge in [-0.1, -0.05) is 17.5 Å². The van der Waals surface area contributed by atoms with Crippen molar-refractivity contribution in [2.75, 3.05) is 13.1 Å². The van der Waals surface area contributed by atoms with Crippen molar-refractivity contribution in [2.24, 2.45) is 0 Å². The summed E-state index contributed by atoms with van der Waals surface area (Å²) in [7, 11) is -4.40. The zero-order chi connectivity index (χ0) is 14.7. The van der Waals surface area contributed by atoms with E-state index < -0.39 is 34.2 Å². The van der Waals surface area contributed by atoms with Crippen LogP contribution < -0.4 is 0 Å². The third kappa shape index (κ3) is 4.38. The van der Waals surface area contributed by atoms with E-state index in [9.17, 15) is 21.6 Å². The summed E-state index contributed by atoms with van der Waals surface area (Å²) in [5.41, 5.74) is 0. The van der Waals surface area contributed by atoms with Gasteiger partial charge in [0.2, 0.25) is 10.0 Å². The number of terminal acetylenes is 1. The van der Waals surface area contributed by atoms with Gasteiger partial charge in [-0.15, -0.1) is 6.42 Å². The van der Waals surface area contributed by atoms with Crippen LogP contribution in [0.2, 0.25) is 5.02 Å². The monoisotopic (exact) mass is 312 g/mol. The highest BCUT2D eigenvalue weighted by molar-refractivity contribution is 7.89. The Morgan fingerprint density at radius 1 is 1.42 bits per heavy atom. The van der Waals surface area contributed by atoms with E-state index >= 15 is 0 Å². The van der Waals surface area contributed by atoms with Gasteiger partial charge in [0.05, 0.1) is 11.6 Å². The summed E-state index contributed by atoms with van der Waals surface area (Å²) >= 11 is 5.56. The smallest absolute Gasteiger partial charge is 0.262 e. The Bertz CT molecular complexity index is 596. The van der Waals surface area contributed by atoms with Gasteiger partial charge in [-0.2, -0.15) is 17.5 Å². The first kappa shape index (κ1) is 15.8. The van der Waals surface area contributed by atoms with Crippen LogP contribution in [0.3, 0.4) is 0 Å². The predicted molar refractivity (Wildman–Crippen MR) is 62.9 cm³/mol. The van der Waals surface area contributed by atoms with E-state index in [1.165, 1.54) is 0 Å². The number of sulfonamides is 1. The van der Waals surface area contributed by atoms with Gasteiger partial charge in [0.25, 0.3) is 0 Å². The molecule has 0 amide bonds. The summed E-state index contributed by atoms with van der Waals surface area (Å²) in [4.78, 5) is 3.07. The topological polar surface area (TPSA) is 50.3 Å². The second-order valence-electron chi connectivity index (χ2n) is 3.43. The van der Waals surface area contributed by atoms with Crippen LogP contribution in [0.1, 0.15) is 0 Å². The number of aromatic nitrogens is 1. The zero-order valence-corrected chi connectivity index (χ0v) is 10.9. The van der Waals surface area contributed by atoms with Gasteiger partial charge in [-0.05, 0) is 6.07 Å².